The normalized spacial score (nSPS) is 48.5. The summed E-state index contributed by atoms with van der Waals surface area (Å²) in [6.07, 6.45) is 18.6. The first kappa shape index (κ1) is 22.6. The molecule has 4 aliphatic carbocycles. The van der Waals surface area contributed by atoms with Crippen molar-refractivity contribution >= 4 is 0 Å². The van der Waals surface area contributed by atoms with Crippen molar-refractivity contribution in [2.75, 3.05) is 0 Å². The summed E-state index contributed by atoms with van der Waals surface area (Å²) in [5, 5.41) is 12.1. The largest absolute Gasteiger partial charge is 0.389 e. The topological polar surface area (TPSA) is 20.2 Å². The molecule has 0 spiro atoms. The monoisotopic (exact) mass is 412 g/mol. The summed E-state index contributed by atoms with van der Waals surface area (Å²) < 4.78 is 0. The van der Waals surface area contributed by atoms with Crippen molar-refractivity contribution in [3.8, 4) is 0 Å². The van der Waals surface area contributed by atoms with Crippen LogP contribution in [0.3, 0.4) is 0 Å². The average Bonchev–Trinajstić information content (AvgIpc) is 3.00. The summed E-state index contributed by atoms with van der Waals surface area (Å²) in [4.78, 5) is 0. The molecule has 1 heteroatoms. The Morgan fingerprint density at radius 2 is 1.63 bits per heavy atom. The van der Waals surface area contributed by atoms with Gasteiger partial charge in [-0.25, -0.2) is 0 Å². The highest BCUT2D eigenvalue weighted by atomic mass is 16.3. The summed E-state index contributed by atoms with van der Waals surface area (Å²) in [5.41, 5.74) is 1.59. The third-order valence-corrected chi connectivity index (χ3v) is 11.2. The number of hydrogen-bond acceptors (Lipinski definition) is 1. The maximum atomic E-state index is 12.1. The lowest BCUT2D eigenvalue weighted by Crippen LogP contribution is -2.67. The predicted molar refractivity (Wildman–Crippen MR) is 128 cm³/mol. The predicted octanol–water partition coefficient (Wildman–Crippen LogP) is 7.94. The maximum Gasteiger partial charge on any atom is 0.0754 e. The molecule has 4 saturated carbocycles. The Hall–Kier alpha value is -0.560. The average molecular weight is 413 g/mol. The van der Waals surface area contributed by atoms with E-state index in [-0.39, 0.29) is 10.8 Å². The molecule has 30 heavy (non-hydrogen) atoms. The van der Waals surface area contributed by atoms with Gasteiger partial charge < -0.3 is 5.11 Å². The lowest BCUT2D eigenvalue weighted by atomic mass is 9.39. The van der Waals surface area contributed by atoms with Gasteiger partial charge in [0.25, 0.3) is 0 Å². The Bertz CT molecular complexity index is 712. The van der Waals surface area contributed by atoms with Crippen molar-refractivity contribution < 1.29 is 5.11 Å². The van der Waals surface area contributed by atoms with Crippen LogP contribution in [0.4, 0.5) is 0 Å². The van der Waals surface area contributed by atoms with E-state index < -0.39 is 5.60 Å². The SMILES string of the molecule is CC(C)=C/C=C/[C@@H](C)[C@H]1CC[C@H]2[C@@H]3CCC4(O)C(C)(C)CCC[C@]4(C)[C@H]3CC[C@]12C. The number of hydrogen-bond donors (Lipinski definition) is 1. The lowest BCUT2D eigenvalue weighted by Gasteiger charge is -2.67. The summed E-state index contributed by atoms with van der Waals surface area (Å²) >= 11 is 0. The second-order valence-corrected chi connectivity index (χ2v) is 13.1. The fraction of sp³-hybridized carbons (Fsp3) is 0.862. The highest BCUT2D eigenvalue weighted by Crippen LogP contribution is 2.71. The zero-order chi connectivity index (χ0) is 21.9. The zero-order valence-corrected chi connectivity index (χ0v) is 20.9. The first-order valence-corrected chi connectivity index (χ1v) is 13.0. The molecule has 4 fully saturated rings. The van der Waals surface area contributed by atoms with E-state index >= 15 is 0 Å². The van der Waals surface area contributed by atoms with Crippen molar-refractivity contribution in [1.29, 1.82) is 0 Å². The van der Waals surface area contributed by atoms with E-state index in [2.05, 4.69) is 66.7 Å². The summed E-state index contributed by atoms with van der Waals surface area (Å²) in [7, 11) is 0. The molecule has 0 heterocycles. The highest BCUT2D eigenvalue weighted by molar-refractivity contribution is 5.18. The zero-order valence-electron chi connectivity index (χ0n) is 20.9. The third-order valence-electron chi connectivity index (χ3n) is 11.2. The molecule has 4 aliphatic rings. The molecule has 0 bridgehead atoms. The van der Waals surface area contributed by atoms with Crippen molar-refractivity contribution in [1.82, 2.24) is 0 Å². The molecule has 0 amide bonds. The molecule has 1 unspecified atom stereocenters. The van der Waals surface area contributed by atoms with E-state index in [0.29, 0.717) is 11.3 Å². The van der Waals surface area contributed by atoms with Gasteiger partial charge in [-0.05, 0) is 111 Å². The van der Waals surface area contributed by atoms with Crippen molar-refractivity contribution in [2.24, 2.45) is 45.8 Å². The van der Waals surface area contributed by atoms with Crippen LogP contribution in [0.5, 0.6) is 0 Å². The molecule has 4 rings (SSSR count). The van der Waals surface area contributed by atoms with Gasteiger partial charge in [-0.1, -0.05) is 64.8 Å². The van der Waals surface area contributed by atoms with Crippen LogP contribution < -0.4 is 0 Å². The number of rotatable bonds is 3. The second kappa shape index (κ2) is 7.50. The molecule has 1 nitrogen and oxygen atoms in total. The Morgan fingerprint density at radius 3 is 2.33 bits per heavy atom. The van der Waals surface area contributed by atoms with Crippen LogP contribution in [0.25, 0.3) is 0 Å². The van der Waals surface area contributed by atoms with Crippen molar-refractivity contribution in [2.45, 2.75) is 112 Å². The molecule has 8 atom stereocenters. The Balaban J connectivity index is 1.58. The summed E-state index contributed by atoms with van der Waals surface area (Å²) in [6.45, 7) is 16.7. The van der Waals surface area contributed by atoms with Crippen molar-refractivity contribution in [3.05, 3.63) is 23.8 Å². The Morgan fingerprint density at radius 1 is 0.900 bits per heavy atom. The standard InChI is InChI=1S/C29H48O/c1-20(2)10-8-11-21(3)23-12-13-24-22-14-19-29(30)26(4,5)16-9-17-28(29,7)25(22)15-18-27(23,24)6/h8,10-11,21-25,30H,9,12-19H2,1-7H3/b11-8+/t21-,22+,23-,24+,25+,27-,28-,29?/m1/s1. The van der Waals surface area contributed by atoms with Crippen LogP contribution in [0.2, 0.25) is 0 Å². The van der Waals surface area contributed by atoms with Gasteiger partial charge in [0, 0.05) is 0 Å². The summed E-state index contributed by atoms with van der Waals surface area (Å²) in [5.74, 6) is 3.91. The van der Waals surface area contributed by atoms with Gasteiger partial charge in [0.2, 0.25) is 0 Å². The molecule has 0 saturated heterocycles. The van der Waals surface area contributed by atoms with Gasteiger partial charge in [-0.2, -0.15) is 0 Å². The smallest absolute Gasteiger partial charge is 0.0754 e. The number of aliphatic hydroxyl groups is 1. The molecule has 0 aromatic heterocycles. The third kappa shape index (κ3) is 3.12. The van der Waals surface area contributed by atoms with E-state index in [0.717, 1.165) is 30.1 Å². The fourth-order valence-electron chi connectivity index (χ4n) is 9.52. The van der Waals surface area contributed by atoms with Crippen LogP contribution in [-0.4, -0.2) is 10.7 Å². The van der Waals surface area contributed by atoms with E-state index in [4.69, 9.17) is 0 Å². The molecule has 0 aromatic rings. The van der Waals surface area contributed by atoms with Gasteiger partial charge in [0.1, 0.15) is 0 Å². The molecule has 0 radical (unpaired) electrons. The lowest BCUT2D eigenvalue weighted by molar-refractivity contribution is -0.253. The molecule has 0 aromatic carbocycles. The second-order valence-electron chi connectivity index (χ2n) is 13.1. The molecule has 0 aliphatic heterocycles. The van der Waals surface area contributed by atoms with Gasteiger partial charge in [0.05, 0.1) is 5.60 Å². The Kier molecular flexibility index (Phi) is 5.66. The molecule has 170 valence electrons. The van der Waals surface area contributed by atoms with Gasteiger partial charge in [-0.3, -0.25) is 0 Å². The van der Waals surface area contributed by atoms with E-state index in [1.807, 2.05) is 0 Å². The van der Waals surface area contributed by atoms with Crippen LogP contribution in [0.1, 0.15) is 106 Å². The highest BCUT2D eigenvalue weighted by Gasteiger charge is 2.67. The minimum Gasteiger partial charge on any atom is -0.389 e. The maximum absolute atomic E-state index is 12.1. The van der Waals surface area contributed by atoms with Gasteiger partial charge in [-0.15, -0.1) is 0 Å². The van der Waals surface area contributed by atoms with Gasteiger partial charge in [0.15, 0.2) is 0 Å². The van der Waals surface area contributed by atoms with Crippen LogP contribution in [0, 0.1) is 45.8 Å². The van der Waals surface area contributed by atoms with Crippen LogP contribution in [-0.2, 0) is 0 Å². The van der Waals surface area contributed by atoms with Crippen molar-refractivity contribution in [3.63, 3.8) is 0 Å². The molecular formula is C29H48O. The van der Waals surface area contributed by atoms with E-state index in [9.17, 15) is 5.11 Å². The van der Waals surface area contributed by atoms with Gasteiger partial charge >= 0.3 is 0 Å². The fourth-order valence-corrected chi connectivity index (χ4v) is 9.52. The van der Waals surface area contributed by atoms with E-state index in [1.54, 1.807) is 0 Å². The van der Waals surface area contributed by atoms with Crippen LogP contribution in [0.15, 0.2) is 23.8 Å². The molecule has 1 N–H and O–H groups in total. The quantitative estimate of drug-likeness (QED) is 0.466. The molecular weight excluding hydrogens is 364 g/mol. The Labute approximate surface area is 186 Å². The number of fused-ring (bicyclic) bond motifs is 5. The first-order chi connectivity index (χ1) is 14.0. The minimum absolute atomic E-state index is 0.0637. The summed E-state index contributed by atoms with van der Waals surface area (Å²) in [6, 6.07) is 0. The van der Waals surface area contributed by atoms with E-state index in [1.165, 1.54) is 56.9 Å². The minimum atomic E-state index is -0.467. The number of allylic oxidation sites excluding steroid dienone is 4. The van der Waals surface area contributed by atoms with Crippen LogP contribution >= 0.6 is 0 Å². The first-order valence-electron chi connectivity index (χ1n) is 13.0.